The first-order chi connectivity index (χ1) is 13.2. The van der Waals surface area contributed by atoms with Crippen LogP contribution in [0.3, 0.4) is 0 Å². The summed E-state index contributed by atoms with van der Waals surface area (Å²) in [5.41, 5.74) is 3.51. The van der Waals surface area contributed by atoms with E-state index in [1.165, 1.54) is 0 Å². The molecule has 146 valence electrons. The molecule has 0 radical (unpaired) electrons. The number of rotatable bonds is 5. The molecule has 3 rings (SSSR count). The van der Waals surface area contributed by atoms with Gasteiger partial charge in [0.25, 0.3) is 0 Å². The highest BCUT2D eigenvalue weighted by molar-refractivity contribution is 5.96. The van der Waals surface area contributed by atoms with Crippen LogP contribution in [0.5, 0.6) is 0 Å². The smallest absolute Gasteiger partial charge is 0.324 e. The Morgan fingerprint density at radius 2 is 1.79 bits per heavy atom. The predicted molar refractivity (Wildman–Crippen MR) is 104 cm³/mol. The second kappa shape index (κ2) is 8.00. The molecular weight excluding hydrogens is 365 g/mol. The highest BCUT2D eigenvalue weighted by atomic mass is 19.4. The monoisotopic (exact) mass is 386 g/mol. The molecule has 1 amide bonds. The number of hydrogen-bond acceptors (Lipinski definition) is 2. The lowest BCUT2D eigenvalue weighted by Crippen LogP contribution is -2.29. The van der Waals surface area contributed by atoms with E-state index in [1.807, 2.05) is 25.1 Å². The van der Waals surface area contributed by atoms with Crippen molar-refractivity contribution in [3.05, 3.63) is 71.4 Å². The number of aryl methyl sites for hydroxylation is 2. The summed E-state index contributed by atoms with van der Waals surface area (Å²) in [4.78, 5) is 17.2. The second-order valence-electron chi connectivity index (χ2n) is 6.96. The zero-order valence-corrected chi connectivity index (χ0v) is 15.7. The Labute approximate surface area is 161 Å². The number of pyridine rings is 1. The zero-order chi connectivity index (χ0) is 20.3. The van der Waals surface area contributed by atoms with E-state index >= 15 is 0 Å². The highest BCUT2D eigenvalue weighted by Crippen LogP contribution is 2.29. The van der Waals surface area contributed by atoms with E-state index in [0.29, 0.717) is 16.9 Å². The first-order valence-electron chi connectivity index (χ1n) is 9.01. The number of carbonyl (C=O) groups is 1. The molecule has 0 saturated heterocycles. The molecule has 1 heterocycles. The summed E-state index contributed by atoms with van der Waals surface area (Å²) in [6.07, 6.45) is -5.58. The third-order valence-electron chi connectivity index (χ3n) is 4.67. The van der Waals surface area contributed by atoms with Crippen LogP contribution in [0.15, 0.2) is 54.6 Å². The van der Waals surface area contributed by atoms with Crippen molar-refractivity contribution >= 4 is 22.5 Å². The third kappa shape index (κ3) is 4.88. The summed E-state index contributed by atoms with van der Waals surface area (Å²) in [5, 5.41) is 3.49. The van der Waals surface area contributed by atoms with Crippen LogP contribution in [0, 0.1) is 19.8 Å². The number of anilines is 1. The van der Waals surface area contributed by atoms with E-state index in [9.17, 15) is 18.0 Å². The molecule has 0 unspecified atom stereocenters. The fourth-order valence-electron chi connectivity index (χ4n) is 3.24. The van der Waals surface area contributed by atoms with Crippen LogP contribution < -0.4 is 5.32 Å². The van der Waals surface area contributed by atoms with Crippen molar-refractivity contribution in [1.82, 2.24) is 4.98 Å². The number of fused-ring (bicyclic) bond motifs is 1. The number of nitrogens with one attached hydrogen (secondary N) is 1. The molecule has 2 aromatic carbocycles. The lowest BCUT2D eigenvalue weighted by Gasteiger charge is -2.19. The normalized spacial score (nSPS) is 12.8. The molecule has 0 bridgehead atoms. The summed E-state index contributed by atoms with van der Waals surface area (Å²) < 4.78 is 39.1. The van der Waals surface area contributed by atoms with Crippen LogP contribution in [-0.2, 0) is 11.2 Å². The van der Waals surface area contributed by atoms with Crippen molar-refractivity contribution in [3.8, 4) is 0 Å². The summed E-state index contributed by atoms with van der Waals surface area (Å²) in [7, 11) is 0. The molecule has 3 nitrogen and oxygen atoms in total. The van der Waals surface area contributed by atoms with Crippen LogP contribution >= 0.6 is 0 Å². The lowest BCUT2D eigenvalue weighted by molar-refractivity contribution is -0.152. The van der Waals surface area contributed by atoms with Crippen molar-refractivity contribution in [2.45, 2.75) is 32.9 Å². The molecule has 28 heavy (non-hydrogen) atoms. The van der Waals surface area contributed by atoms with Crippen molar-refractivity contribution in [3.63, 3.8) is 0 Å². The van der Waals surface area contributed by atoms with Gasteiger partial charge < -0.3 is 5.32 Å². The van der Waals surface area contributed by atoms with Gasteiger partial charge in [-0.15, -0.1) is 0 Å². The first-order valence-corrected chi connectivity index (χ1v) is 9.01. The van der Waals surface area contributed by atoms with Gasteiger partial charge in [0, 0.05) is 5.39 Å². The standard InChI is InChI=1S/C22H21F3N2O/c1-14-7-6-10-17-12-19(15(2)26-20(14)17)27-21(28)18(13-22(23,24)25)11-16-8-4-3-5-9-16/h3-10,12,18H,11,13H2,1-2H3,(H,27,28)/t18-/m0/s1. The Bertz CT molecular complexity index is 984. The van der Waals surface area contributed by atoms with E-state index in [4.69, 9.17) is 0 Å². The van der Waals surface area contributed by atoms with E-state index in [2.05, 4.69) is 10.3 Å². The topological polar surface area (TPSA) is 42.0 Å². The van der Waals surface area contributed by atoms with E-state index in [-0.39, 0.29) is 6.42 Å². The van der Waals surface area contributed by atoms with Gasteiger partial charge >= 0.3 is 6.18 Å². The van der Waals surface area contributed by atoms with Gasteiger partial charge in [-0.2, -0.15) is 13.2 Å². The van der Waals surface area contributed by atoms with Crippen LogP contribution in [-0.4, -0.2) is 17.1 Å². The molecule has 1 atom stereocenters. The van der Waals surface area contributed by atoms with E-state index in [0.717, 1.165) is 16.5 Å². The largest absolute Gasteiger partial charge is 0.389 e. The number of hydrogen-bond donors (Lipinski definition) is 1. The molecule has 0 saturated carbocycles. The fourth-order valence-corrected chi connectivity index (χ4v) is 3.24. The Kier molecular flexibility index (Phi) is 5.68. The molecular formula is C22H21F3N2O. The average Bonchev–Trinajstić information content (AvgIpc) is 2.62. The number of nitrogens with zero attached hydrogens (tertiary/aromatic N) is 1. The Hall–Kier alpha value is -2.89. The number of amides is 1. The molecule has 0 spiro atoms. The molecule has 1 N–H and O–H groups in total. The number of para-hydroxylation sites is 1. The van der Waals surface area contributed by atoms with Crippen molar-refractivity contribution in [2.75, 3.05) is 5.32 Å². The molecule has 6 heteroatoms. The Balaban J connectivity index is 1.86. The first kappa shape index (κ1) is 19.9. The second-order valence-corrected chi connectivity index (χ2v) is 6.96. The van der Waals surface area contributed by atoms with Crippen molar-refractivity contribution in [1.29, 1.82) is 0 Å². The predicted octanol–water partition coefficient (Wildman–Crippen LogP) is 5.60. The number of halogens is 3. The maximum atomic E-state index is 13.0. The third-order valence-corrected chi connectivity index (χ3v) is 4.67. The number of alkyl halides is 3. The quantitative estimate of drug-likeness (QED) is 0.620. The Morgan fingerprint density at radius 3 is 2.46 bits per heavy atom. The van der Waals surface area contributed by atoms with Crippen LogP contribution in [0.25, 0.3) is 10.9 Å². The van der Waals surface area contributed by atoms with Crippen molar-refractivity contribution in [2.24, 2.45) is 5.92 Å². The van der Waals surface area contributed by atoms with Crippen LogP contribution in [0.2, 0.25) is 0 Å². The van der Waals surface area contributed by atoms with E-state index < -0.39 is 24.4 Å². The summed E-state index contributed by atoms with van der Waals surface area (Å²) in [5.74, 6) is -1.87. The zero-order valence-electron chi connectivity index (χ0n) is 15.7. The van der Waals surface area contributed by atoms with Gasteiger partial charge in [-0.1, -0.05) is 48.5 Å². The average molecular weight is 386 g/mol. The van der Waals surface area contributed by atoms with Crippen LogP contribution in [0.4, 0.5) is 18.9 Å². The number of carbonyl (C=O) groups excluding carboxylic acids is 1. The minimum atomic E-state index is -4.43. The van der Waals surface area contributed by atoms with Gasteiger partial charge in [-0.25, -0.2) is 0 Å². The van der Waals surface area contributed by atoms with Crippen molar-refractivity contribution < 1.29 is 18.0 Å². The minimum Gasteiger partial charge on any atom is -0.324 e. The highest BCUT2D eigenvalue weighted by Gasteiger charge is 2.35. The van der Waals surface area contributed by atoms with Gasteiger partial charge in [-0.3, -0.25) is 9.78 Å². The Morgan fingerprint density at radius 1 is 1.07 bits per heavy atom. The van der Waals surface area contributed by atoms with Gasteiger partial charge in [0.05, 0.1) is 29.2 Å². The van der Waals surface area contributed by atoms with Gasteiger partial charge in [0.15, 0.2) is 0 Å². The lowest BCUT2D eigenvalue weighted by atomic mass is 9.95. The SMILES string of the molecule is Cc1nc2c(C)cccc2cc1NC(=O)[C@@H](Cc1ccccc1)CC(F)(F)F. The van der Waals surface area contributed by atoms with Gasteiger partial charge in [0.1, 0.15) is 0 Å². The van der Waals surface area contributed by atoms with Crippen LogP contribution in [0.1, 0.15) is 23.2 Å². The van der Waals surface area contributed by atoms with Gasteiger partial charge in [0.2, 0.25) is 5.91 Å². The molecule has 3 aromatic rings. The maximum Gasteiger partial charge on any atom is 0.389 e. The van der Waals surface area contributed by atoms with Gasteiger partial charge in [-0.05, 0) is 37.5 Å². The molecule has 0 aliphatic carbocycles. The number of benzene rings is 2. The summed E-state index contributed by atoms with van der Waals surface area (Å²) in [6, 6.07) is 16.2. The minimum absolute atomic E-state index is 0.0192. The summed E-state index contributed by atoms with van der Waals surface area (Å²) in [6.45, 7) is 3.67. The number of aromatic nitrogens is 1. The molecule has 0 aliphatic heterocycles. The molecule has 0 aliphatic rings. The fraction of sp³-hybridized carbons (Fsp3) is 0.273. The molecule has 1 aromatic heterocycles. The maximum absolute atomic E-state index is 13.0. The summed E-state index contributed by atoms with van der Waals surface area (Å²) >= 11 is 0. The molecule has 0 fully saturated rings. The van der Waals surface area contributed by atoms with E-state index in [1.54, 1.807) is 43.3 Å².